The van der Waals surface area contributed by atoms with Crippen LogP contribution < -0.4 is 20.5 Å². The average Bonchev–Trinajstić information content (AvgIpc) is 2.76. The highest BCUT2D eigenvalue weighted by molar-refractivity contribution is 5.81. The summed E-state index contributed by atoms with van der Waals surface area (Å²) in [6.45, 7) is 7.38. The Labute approximate surface area is 185 Å². The predicted molar refractivity (Wildman–Crippen MR) is 127 cm³/mol. The summed E-state index contributed by atoms with van der Waals surface area (Å²) in [7, 11) is 0. The fraction of sp³-hybridized carbons (Fsp3) is 0.542. The lowest BCUT2D eigenvalue weighted by Crippen LogP contribution is -2.11. The van der Waals surface area contributed by atoms with Crippen LogP contribution in [0.2, 0.25) is 0 Å². The summed E-state index contributed by atoms with van der Waals surface area (Å²) in [4.78, 5) is 18.5. The van der Waals surface area contributed by atoms with Crippen LogP contribution in [0.3, 0.4) is 0 Å². The zero-order valence-corrected chi connectivity index (χ0v) is 19.1. The van der Waals surface area contributed by atoms with Gasteiger partial charge in [-0.15, -0.1) is 0 Å². The van der Waals surface area contributed by atoms with Crippen molar-refractivity contribution in [2.45, 2.75) is 72.1 Å². The van der Waals surface area contributed by atoms with Crippen molar-refractivity contribution in [1.29, 1.82) is 0 Å². The molecule has 1 aromatic heterocycles. The van der Waals surface area contributed by atoms with Crippen LogP contribution in [0.4, 0.5) is 5.95 Å². The molecule has 0 spiro atoms. The number of hydrazone groups is 1. The van der Waals surface area contributed by atoms with Gasteiger partial charge >= 0.3 is 0 Å². The molecule has 170 valence electrons. The van der Waals surface area contributed by atoms with Crippen LogP contribution in [0.25, 0.3) is 0 Å². The molecule has 2 aromatic rings. The van der Waals surface area contributed by atoms with E-state index in [-0.39, 0.29) is 5.56 Å². The van der Waals surface area contributed by atoms with E-state index in [1.165, 1.54) is 44.6 Å². The topological polar surface area (TPSA) is 88.6 Å². The van der Waals surface area contributed by atoms with Gasteiger partial charge in [0.05, 0.1) is 19.4 Å². The molecule has 0 saturated carbocycles. The normalized spacial score (nSPS) is 11.1. The Bertz CT molecular complexity index is 864. The van der Waals surface area contributed by atoms with Gasteiger partial charge in [-0.05, 0) is 43.5 Å². The minimum absolute atomic E-state index is 0.203. The van der Waals surface area contributed by atoms with Crippen LogP contribution in [0, 0.1) is 0 Å². The highest BCUT2D eigenvalue weighted by atomic mass is 16.5. The van der Waals surface area contributed by atoms with E-state index in [4.69, 9.17) is 9.47 Å². The smallest absolute Gasteiger partial charge is 0.252 e. The fourth-order valence-corrected chi connectivity index (χ4v) is 3.14. The van der Waals surface area contributed by atoms with E-state index in [0.717, 1.165) is 17.7 Å². The number of unbranched alkanes of at least 4 members (excludes halogenated alkanes) is 6. The summed E-state index contributed by atoms with van der Waals surface area (Å²) in [6, 6.07) is 7.21. The molecule has 0 fully saturated rings. The number of aromatic amines is 1. The molecule has 1 aromatic carbocycles. The molecule has 0 atom stereocenters. The number of nitrogens with one attached hydrogen (secondary N) is 2. The van der Waals surface area contributed by atoms with Gasteiger partial charge in [0.25, 0.3) is 5.56 Å². The van der Waals surface area contributed by atoms with Crippen molar-refractivity contribution in [2.75, 3.05) is 18.6 Å². The summed E-state index contributed by atoms with van der Waals surface area (Å²) < 4.78 is 11.7. The van der Waals surface area contributed by atoms with Gasteiger partial charge in [-0.3, -0.25) is 9.78 Å². The van der Waals surface area contributed by atoms with E-state index < -0.39 is 0 Å². The number of hydrogen-bond acceptors (Lipinski definition) is 6. The Kier molecular flexibility index (Phi) is 11.2. The fourth-order valence-electron chi connectivity index (χ4n) is 3.14. The van der Waals surface area contributed by atoms with Gasteiger partial charge in [-0.25, -0.2) is 10.4 Å². The molecule has 7 nitrogen and oxygen atoms in total. The molecule has 0 bridgehead atoms. The van der Waals surface area contributed by atoms with Crippen LogP contribution in [0.5, 0.6) is 11.5 Å². The molecular weight excluding hydrogens is 392 g/mol. The number of anilines is 1. The van der Waals surface area contributed by atoms with E-state index in [9.17, 15) is 4.79 Å². The Morgan fingerprint density at radius 2 is 1.77 bits per heavy atom. The van der Waals surface area contributed by atoms with Gasteiger partial charge in [0.1, 0.15) is 0 Å². The van der Waals surface area contributed by atoms with E-state index in [2.05, 4.69) is 27.4 Å². The molecular formula is C24H36N4O3. The summed E-state index contributed by atoms with van der Waals surface area (Å²) >= 11 is 0. The number of rotatable bonds is 15. The third kappa shape index (κ3) is 9.24. The van der Waals surface area contributed by atoms with Crippen LogP contribution in [-0.4, -0.2) is 29.4 Å². The van der Waals surface area contributed by atoms with Crippen LogP contribution in [-0.2, 0) is 6.42 Å². The number of H-pyrrole nitrogens is 1. The molecule has 0 radical (unpaired) electrons. The van der Waals surface area contributed by atoms with Gasteiger partial charge in [-0.1, -0.05) is 52.4 Å². The second-order valence-corrected chi connectivity index (χ2v) is 7.42. The largest absolute Gasteiger partial charge is 0.490 e. The van der Waals surface area contributed by atoms with Gasteiger partial charge in [0, 0.05) is 11.8 Å². The Balaban J connectivity index is 1.88. The summed E-state index contributed by atoms with van der Waals surface area (Å²) in [5, 5.41) is 4.17. The zero-order chi connectivity index (χ0) is 22.3. The molecule has 0 amide bonds. The molecule has 0 unspecified atom stereocenters. The third-order valence-corrected chi connectivity index (χ3v) is 4.81. The monoisotopic (exact) mass is 428 g/mol. The number of benzene rings is 1. The molecule has 2 N–H and O–H groups in total. The minimum atomic E-state index is -0.203. The standard InChI is InChI=1S/C24H36N4O3/c1-4-7-8-9-10-11-12-15-31-21-14-13-19(16-22(21)30-6-3)18-25-28-24-26-20(5-2)17-23(29)27-24/h13-14,16-18H,4-12,15H2,1-3H3,(H2,26,27,28,29)/b25-18-. The number of aromatic nitrogens is 2. The molecule has 2 rings (SSSR count). The summed E-state index contributed by atoms with van der Waals surface area (Å²) in [5.41, 5.74) is 4.13. The van der Waals surface area contributed by atoms with Gasteiger partial charge in [-0.2, -0.15) is 5.10 Å². The molecule has 0 aliphatic carbocycles. The number of ether oxygens (including phenoxy) is 2. The van der Waals surface area contributed by atoms with Crippen molar-refractivity contribution in [3.05, 3.63) is 45.9 Å². The molecule has 31 heavy (non-hydrogen) atoms. The van der Waals surface area contributed by atoms with Crippen molar-refractivity contribution in [3.63, 3.8) is 0 Å². The van der Waals surface area contributed by atoms with Gasteiger partial charge < -0.3 is 9.47 Å². The van der Waals surface area contributed by atoms with Gasteiger partial charge in [0.2, 0.25) is 5.95 Å². The van der Waals surface area contributed by atoms with Crippen molar-refractivity contribution in [2.24, 2.45) is 5.10 Å². The average molecular weight is 429 g/mol. The lowest BCUT2D eigenvalue weighted by Gasteiger charge is -2.12. The number of hydrogen-bond donors (Lipinski definition) is 2. The van der Waals surface area contributed by atoms with Gasteiger partial charge in [0.15, 0.2) is 11.5 Å². The summed E-state index contributed by atoms with van der Waals surface area (Å²) in [6.07, 6.45) is 11.1. The lowest BCUT2D eigenvalue weighted by molar-refractivity contribution is 0.270. The predicted octanol–water partition coefficient (Wildman–Crippen LogP) is 5.31. The Morgan fingerprint density at radius 3 is 2.52 bits per heavy atom. The highest BCUT2D eigenvalue weighted by Crippen LogP contribution is 2.28. The molecule has 7 heteroatoms. The SMILES string of the molecule is CCCCCCCCCOc1ccc(/C=N\Nc2nc(CC)cc(=O)[nH]2)cc1OCC. The van der Waals surface area contributed by atoms with Crippen molar-refractivity contribution >= 4 is 12.2 Å². The molecule has 0 aliphatic rings. The van der Waals surface area contributed by atoms with E-state index in [1.807, 2.05) is 32.0 Å². The van der Waals surface area contributed by atoms with Crippen molar-refractivity contribution in [3.8, 4) is 11.5 Å². The van der Waals surface area contributed by atoms with Crippen LogP contribution in [0.15, 0.2) is 34.2 Å². The lowest BCUT2D eigenvalue weighted by atomic mass is 10.1. The Morgan fingerprint density at radius 1 is 1.00 bits per heavy atom. The van der Waals surface area contributed by atoms with Crippen molar-refractivity contribution in [1.82, 2.24) is 9.97 Å². The molecule has 0 saturated heterocycles. The number of aryl methyl sites for hydroxylation is 1. The summed E-state index contributed by atoms with van der Waals surface area (Å²) in [5.74, 6) is 1.77. The maximum Gasteiger partial charge on any atom is 0.252 e. The van der Waals surface area contributed by atoms with E-state index in [1.54, 1.807) is 6.21 Å². The third-order valence-electron chi connectivity index (χ3n) is 4.81. The minimum Gasteiger partial charge on any atom is -0.490 e. The first-order valence-corrected chi connectivity index (χ1v) is 11.4. The highest BCUT2D eigenvalue weighted by Gasteiger charge is 2.06. The first kappa shape index (κ1) is 24.4. The second-order valence-electron chi connectivity index (χ2n) is 7.42. The van der Waals surface area contributed by atoms with Crippen molar-refractivity contribution < 1.29 is 9.47 Å². The quantitative estimate of drug-likeness (QED) is 0.228. The maximum absolute atomic E-state index is 11.6. The zero-order valence-electron chi connectivity index (χ0n) is 19.1. The first-order valence-electron chi connectivity index (χ1n) is 11.4. The van der Waals surface area contributed by atoms with Crippen LogP contribution >= 0.6 is 0 Å². The second kappa shape index (κ2) is 14.2. The van der Waals surface area contributed by atoms with E-state index in [0.29, 0.717) is 37.0 Å². The first-order chi connectivity index (χ1) is 15.2. The van der Waals surface area contributed by atoms with Crippen LogP contribution in [0.1, 0.15) is 77.0 Å². The molecule has 1 heterocycles. The Hall–Kier alpha value is -2.83. The molecule has 0 aliphatic heterocycles. The maximum atomic E-state index is 11.6. The number of nitrogens with zero attached hydrogens (tertiary/aromatic N) is 2. The van der Waals surface area contributed by atoms with E-state index >= 15 is 0 Å².